The number of rotatable bonds is 8. The first-order chi connectivity index (χ1) is 17.6. The molecule has 0 unspecified atom stereocenters. The van der Waals surface area contributed by atoms with E-state index in [-0.39, 0.29) is 11.9 Å². The topological polar surface area (TPSA) is 88.8 Å². The maximum absolute atomic E-state index is 13.3. The Bertz CT molecular complexity index is 1470. The Labute approximate surface area is 207 Å². The molecule has 0 atom stereocenters. The summed E-state index contributed by atoms with van der Waals surface area (Å²) in [6.45, 7) is -0.453. The van der Waals surface area contributed by atoms with E-state index in [2.05, 4.69) is 5.32 Å². The van der Waals surface area contributed by atoms with Gasteiger partial charge >= 0.3 is 5.97 Å². The molecule has 0 radical (unpaired) electrons. The van der Waals surface area contributed by atoms with Gasteiger partial charge in [-0.1, -0.05) is 72.8 Å². The van der Waals surface area contributed by atoms with E-state index in [1.165, 1.54) is 0 Å². The monoisotopic (exact) mass is 477 g/mol. The summed E-state index contributed by atoms with van der Waals surface area (Å²) in [7, 11) is 0. The number of aliphatic carboxylic acids is 1. The maximum atomic E-state index is 13.3. The summed E-state index contributed by atoms with van der Waals surface area (Å²) in [5.41, 5.74) is 3.72. The number of nitrogens with one attached hydrogen (secondary N) is 1. The lowest BCUT2D eigenvalue weighted by molar-refractivity contribution is -0.139. The van der Waals surface area contributed by atoms with E-state index >= 15 is 0 Å². The standard InChI is InChI=1S/C30H23NO5/c32-28(33)19-35-26-14-8-7-13-24(26)27-18-23-17-22(15-16-25(23)36-27)30(34)31-29(20-9-3-1-4-10-20)21-11-5-2-6-12-21/h1-18,29H,19H2,(H,31,34)(H,32,33). The van der Waals surface area contributed by atoms with Crippen molar-refractivity contribution < 1.29 is 23.8 Å². The van der Waals surface area contributed by atoms with E-state index < -0.39 is 12.6 Å². The van der Waals surface area contributed by atoms with Crippen LogP contribution in [0.2, 0.25) is 0 Å². The smallest absolute Gasteiger partial charge is 0.341 e. The van der Waals surface area contributed by atoms with Crippen LogP contribution in [0.4, 0.5) is 0 Å². The molecule has 0 bridgehead atoms. The summed E-state index contributed by atoms with van der Waals surface area (Å²) in [5.74, 6) is -0.336. The highest BCUT2D eigenvalue weighted by atomic mass is 16.5. The molecule has 36 heavy (non-hydrogen) atoms. The molecule has 1 aromatic heterocycles. The van der Waals surface area contributed by atoms with Crippen molar-refractivity contribution in [2.24, 2.45) is 0 Å². The first kappa shape index (κ1) is 22.9. The van der Waals surface area contributed by atoms with Gasteiger partial charge in [-0.05, 0) is 47.5 Å². The molecule has 5 rings (SSSR count). The second kappa shape index (κ2) is 10.2. The lowest BCUT2D eigenvalue weighted by Gasteiger charge is -2.20. The van der Waals surface area contributed by atoms with Gasteiger partial charge in [-0.3, -0.25) is 4.79 Å². The van der Waals surface area contributed by atoms with Gasteiger partial charge in [-0.15, -0.1) is 0 Å². The molecular weight excluding hydrogens is 454 g/mol. The van der Waals surface area contributed by atoms with Crippen LogP contribution in [0.15, 0.2) is 114 Å². The van der Waals surface area contributed by atoms with E-state index in [0.717, 1.165) is 16.5 Å². The number of carbonyl (C=O) groups excluding carboxylic acids is 1. The third kappa shape index (κ3) is 4.98. The molecule has 0 aliphatic rings. The van der Waals surface area contributed by atoms with Crippen molar-refractivity contribution in [3.05, 3.63) is 126 Å². The molecule has 0 saturated carbocycles. The summed E-state index contributed by atoms with van der Waals surface area (Å²) < 4.78 is 11.4. The molecule has 1 amide bonds. The average Bonchev–Trinajstić information content (AvgIpc) is 3.35. The highest BCUT2D eigenvalue weighted by Gasteiger charge is 2.19. The third-order valence-electron chi connectivity index (χ3n) is 5.82. The number of carbonyl (C=O) groups is 2. The quantitative estimate of drug-likeness (QED) is 0.283. The number of carboxylic acids is 1. The van der Waals surface area contributed by atoms with E-state index in [1.807, 2.05) is 72.8 Å². The normalized spacial score (nSPS) is 10.9. The summed E-state index contributed by atoms with van der Waals surface area (Å²) in [5, 5.41) is 12.9. The van der Waals surface area contributed by atoms with Crippen molar-refractivity contribution in [3.8, 4) is 17.1 Å². The number of carboxylic acid groups (broad SMARTS) is 1. The average molecular weight is 478 g/mol. The molecule has 0 aliphatic carbocycles. The molecule has 1 heterocycles. The molecular formula is C30H23NO5. The Morgan fingerprint density at radius 2 is 1.44 bits per heavy atom. The Morgan fingerprint density at radius 1 is 0.806 bits per heavy atom. The van der Waals surface area contributed by atoms with Crippen LogP contribution < -0.4 is 10.1 Å². The molecule has 0 saturated heterocycles. The second-order valence-corrected chi connectivity index (χ2v) is 8.27. The first-order valence-corrected chi connectivity index (χ1v) is 11.5. The summed E-state index contributed by atoms with van der Waals surface area (Å²) in [6.07, 6.45) is 0. The van der Waals surface area contributed by atoms with E-state index in [9.17, 15) is 9.59 Å². The van der Waals surface area contributed by atoms with Gasteiger partial charge in [0.1, 0.15) is 17.1 Å². The van der Waals surface area contributed by atoms with Gasteiger partial charge in [0, 0.05) is 10.9 Å². The Balaban J connectivity index is 1.43. The van der Waals surface area contributed by atoms with Crippen molar-refractivity contribution >= 4 is 22.8 Å². The lowest BCUT2D eigenvalue weighted by Crippen LogP contribution is -2.29. The largest absolute Gasteiger partial charge is 0.481 e. The van der Waals surface area contributed by atoms with Crippen LogP contribution >= 0.6 is 0 Å². The van der Waals surface area contributed by atoms with Crippen molar-refractivity contribution in [3.63, 3.8) is 0 Å². The van der Waals surface area contributed by atoms with Gasteiger partial charge in [0.25, 0.3) is 5.91 Å². The highest BCUT2D eigenvalue weighted by molar-refractivity contribution is 5.99. The third-order valence-corrected chi connectivity index (χ3v) is 5.82. The number of para-hydroxylation sites is 1. The first-order valence-electron chi connectivity index (χ1n) is 11.5. The van der Waals surface area contributed by atoms with Crippen molar-refractivity contribution in [2.45, 2.75) is 6.04 Å². The number of amides is 1. The highest BCUT2D eigenvalue weighted by Crippen LogP contribution is 2.34. The summed E-state index contributed by atoms with van der Waals surface area (Å²) in [6, 6.07) is 33.5. The van der Waals surface area contributed by atoms with Gasteiger partial charge in [-0.2, -0.15) is 0 Å². The fourth-order valence-electron chi connectivity index (χ4n) is 4.12. The number of benzene rings is 4. The molecule has 2 N–H and O–H groups in total. The van der Waals surface area contributed by atoms with E-state index in [4.69, 9.17) is 14.3 Å². The summed E-state index contributed by atoms with van der Waals surface area (Å²) >= 11 is 0. The van der Waals surface area contributed by atoms with Gasteiger partial charge in [0.05, 0.1) is 11.6 Å². The number of ether oxygens (including phenoxy) is 1. The SMILES string of the molecule is O=C(O)COc1ccccc1-c1cc2cc(C(=O)NC(c3ccccc3)c3ccccc3)ccc2o1. The fraction of sp³-hybridized carbons (Fsp3) is 0.0667. The van der Waals surface area contributed by atoms with Gasteiger partial charge in [0.15, 0.2) is 6.61 Å². The molecule has 5 aromatic rings. The van der Waals surface area contributed by atoms with Crippen molar-refractivity contribution in [1.29, 1.82) is 0 Å². The van der Waals surface area contributed by atoms with Crippen molar-refractivity contribution in [1.82, 2.24) is 5.32 Å². The van der Waals surface area contributed by atoms with Crippen LogP contribution in [0, 0.1) is 0 Å². The molecule has 0 spiro atoms. The molecule has 0 aliphatic heterocycles. The molecule has 6 heteroatoms. The molecule has 178 valence electrons. The maximum Gasteiger partial charge on any atom is 0.341 e. The van der Waals surface area contributed by atoms with E-state index in [0.29, 0.717) is 28.2 Å². The van der Waals surface area contributed by atoms with Gasteiger partial charge < -0.3 is 19.6 Å². The zero-order chi connectivity index (χ0) is 24.9. The van der Waals surface area contributed by atoms with Crippen LogP contribution in [0.5, 0.6) is 5.75 Å². The minimum absolute atomic E-state index is 0.206. The zero-order valence-electron chi connectivity index (χ0n) is 19.3. The minimum atomic E-state index is -1.06. The molecule has 0 fully saturated rings. The van der Waals surface area contributed by atoms with E-state index in [1.54, 1.807) is 36.4 Å². The zero-order valence-corrected chi connectivity index (χ0v) is 19.3. The van der Waals surface area contributed by atoms with Crippen LogP contribution in [0.25, 0.3) is 22.3 Å². The Morgan fingerprint density at radius 3 is 2.11 bits per heavy atom. The number of hydrogen-bond acceptors (Lipinski definition) is 4. The predicted octanol–water partition coefficient (Wildman–Crippen LogP) is 6.08. The minimum Gasteiger partial charge on any atom is -0.481 e. The van der Waals surface area contributed by atoms with Crippen LogP contribution in [-0.2, 0) is 4.79 Å². The fourth-order valence-corrected chi connectivity index (χ4v) is 4.12. The molecule has 6 nitrogen and oxygen atoms in total. The summed E-state index contributed by atoms with van der Waals surface area (Å²) in [4.78, 5) is 24.2. The van der Waals surface area contributed by atoms with Crippen LogP contribution in [-0.4, -0.2) is 23.6 Å². The molecule has 4 aromatic carbocycles. The van der Waals surface area contributed by atoms with Crippen molar-refractivity contribution in [2.75, 3.05) is 6.61 Å². The van der Waals surface area contributed by atoms with Crippen LogP contribution in [0.3, 0.4) is 0 Å². The number of fused-ring (bicyclic) bond motifs is 1. The van der Waals surface area contributed by atoms with Crippen LogP contribution in [0.1, 0.15) is 27.5 Å². The Hall–Kier alpha value is -4.84. The number of furan rings is 1. The predicted molar refractivity (Wildman–Crippen MR) is 137 cm³/mol. The van der Waals surface area contributed by atoms with Gasteiger partial charge in [-0.25, -0.2) is 4.79 Å². The lowest BCUT2D eigenvalue weighted by atomic mass is 9.98. The second-order valence-electron chi connectivity index (χ2n) is 8.27. The number of hydrogen-bond donors (Lipinski definition) is 2. The Kier molecular flexibility index (Phi) is 6.49. The van der Waals surface area contributed by atoms with Gasteiger partial charge in [0.2, 0.25) is 0 Å².